The zero-order valence-electron chi connectivity index (χ0n) is 21.7. The average molecular weight is 457 g/mol. The minimum Gasteiger partial charge on any atom is -0.399 e. The van der Waals surface area contributed by atoms with E-state index >= 15 is 0 Å². The Morgan fingerprint density at radius 2 is 1.50 bits per heavy atom. The van der Waals surface area contributed by atoms with Crippen molar-refractivity contribution < 1.29 is 14.1 Å². The van der Waals surface area contributed by atoms with Crippen LogP contribution in [0.4, 0.5) is 0 Å². The molecule has 0 spiro atoms. The van der Waals surface area contributed by atoms with Crippen molar-refractivity contribution in [1.82, 2.24) is 4.98 Å². The Morgan fingerprint density at radius 1 is 0.882 bits per heavy atom. The molecule has 1 saturated heterocycles. The maximum absolute atomic E-state index is 10.8. The third-order valence-electron chi connectivity index (χ3n) is 6.55. The van der Waals surface area contributed by atoms with Gasteiger partial charge in [-0.1, -0.05) is 68.8 Å². The molecule has 0 unspecified atom stereocenters. The molecule has 0 atom stereocenters. The molecule has 1 aromatic heterocycles. The third-order valence-corrected chi connectivity index (χ3v) is 6.55. The van der Waals surface area contributed by atoms with Gasteiger partial charge in [0.2, 0.25) is 0 Å². The van der Waals surface area contributed by atoms with E-state index in [0.29, 0.717) is 5.56 Å². The Balaban J connectivity index is 0.000000192. The van der Waals surface area contributed by atoms with Crippen molar-refractivity contribution in [3.63, 3.8) is 0 Å². The van der Waals surface area contributed by atoms with Crippen LogP contribution in [0.1, 0.15) is 70.0 Å². The van der Waals surface area contributed by atoms with E-state index in [1.807, 2.05) is 18.2 Å². The predicted octanol–water partition coefficient (Wildman–Crippen LogP) is 6.15. The monoisotopic (exact) mass is 457 g/mol. The van der Waals surface area contributed by atoms with Crippen molar-refractivity contribution >= 4 is 18.9 Å². The number of nitrogens with zero attached hydrogens (tertiary/aromatic N) is 1. The van der Waals surface area contributed by atoms with Crippen molar-refractivity contribution in [1.29, 1.82) is 0 Å². The fraction of sp³-hybridized carbons (Fsp3) is 0.379. The second-order valence-corrected chi connectivity index (χ2v) is 10.9. The molecule has 2 aromatic carbocycles. The molecule has 1 aliphatic heterocycles. The minimum absolute atomic E-state index is 0.109. The zero-order valence-corrected chi connectivity index (χ0v) is 21.7. The van der Waals surface area contributed by atoms with Crippen molar-refractivity contribution in [2.24, 2.45) is 0 Å². The van der Waals surface area contributed by atoms with Crippen molar-refractivity contribution in [2.45, 2.75) is 72.0 Å². The molecule has 3 aromatic rings. The van der Waals surface area contributed by atoms with Gasteiger partial charge in [0.15, 0.2) is 0 Å². The Morgan fingerprint density at radius 3 is 2.06 bits per heavy atom. The van der Waals surface area contributed by atoms with E-state index in [1.54, 1.807) is 12.3 Å². The molecule has 1 aliphatic rings. The van der Waals surface area contributed by atoms with Gasteiger partial charge in [0, 0.05) is 17.3 Å². The van der Waals surface area contributed by atoms with Gasteiger partial charge in [0.1, 0.15) is 6.29 Å². The van der Waals surface area contributed by atoms with E-state index in [4.69, 9.17) is 9.31 Å². The first-order chi connectivity index (χ1) is 15.8. The second kappa shape index (κ2) is 9.85. The topological polar surface area (TPSA) is 48.4 Å². The molecule has 0 radical (unpaired) electrons. The summed E-state index contributed by atoms with van der Waals surface area (Å²) in [6, 6.07) is 20.1. The fourth-order valence-corrected chi connectivity index (χ4v) is 3.53. The largest absolute Gasteiger partial charge is 0.494 e. The normalized spacial score (nSPS) is 16.5. The summed E-state index contributed by atoms with van der Waals surface area (Å²) >= 11 is 0. The molecular weight excluding hydrogens is 421 g/mol. The maximum Gasteiger partial charge on any atom is 0.494 e. The summed E-state index contributed by atoms with van der Waals surface area (Å²) < 4.78 is 11.9. The van der Waals surface area contributed by atoms with Crippen LogP contribution in [0, 0.1) is 6.92 Å². The van der Waals surface area contributed by atoms with Gasteiger partial charge in [-0.15, -0.1) is 0 Å². The average Bonchev–Trinajstić information content (AvgIpc) is 3.01. The lowest BCUT2D eigenvalue weighted by atomic mass is 9.79. The highest BCUT2D eigenvalue weighted by Crippen LogP contribution is 2.36. The first-order valence-corrected chi connectivity index (χ1v) is 11.8. The van der Waals surface area contributed by atoms with Crippen LogP contribution in [0.3, 0.4) is 0 Å². The first-order valence-electron chi connectivity index (χ1n) is 11.8. The SMILES string of the molecule is CC(C)(C)c1cccc(-c2cc(C=O)ccn2)c1.Cc1ccc(B2OC(C)(C)C(C)(C)O2)cc1. The Kier molecular flexibility index (Phi) is 7.49. The molecule has 178 valence electrons. The molecule has 34 heavy (non-hydrogen) atoms. The molecule has 0 aliphatic carbocycles. The summed E-state index contributed by atoms with van der Waals surface area (Å²) in [4.78, 5) is 15.1. The van der Waals surface area contributed by atoms with Crippen LogP contribution in [0.25, 0.3) is 11.3 Å². The van der Waals surface area contributed by atoms with E-state index in [1.165, 1.54) is 11.1 Å². The Bertz CT molecular complexity index is 1110. The van der Waals surface area contributed by atoms with Crippen LogP contribution in [0.5, 0.6) is 0 Å². The molecule has 4 nitrogen and oxygen atoms in total. The number of carbonyl (C=O) groups excluding carboxylic acids is 1. The van der Waals surface area contributed by atoms with Crippen LogP contribution >= 0.6 is 0 Å². The van der Waals surface area contributed by atoms with E-state index in [-0.39, 0.29) is 23.7 Å². The number of hydrogen-bond donors (Lipinski definition) is 0. The smallest absolute Gasteiger partial charge is 0.399 e. The van der Waals surface area contributed by atoms with Crippen LogP contribution < -0.4 is 5.46 Å². The fourth-order valence-electron chi connectivity index (χ4n) is 3.53. The second-order valence-electron chi connectivity index (χ2n) is 10.9. The van der Waals surface area contributed by atoms with E-state index in [0.717, 1.165) is 23.0 Å². The van der Waals surface area contributed by atoms with Crippen molar-refractivity contribution in [3.8, 4) is 11.3 Å². The summed E-state index contributed by atoms with van der Waals surface area (Å²) in [6.07, 6.45) is 2.52. The molecular formula is C29H36BNO3. The Labute approximate surface area is 204 Å². The number of rotatable bonds is 3. The summed E-state index contributed by atoms with van der Waals surface area (Å²) in [6.45, 7) is 16.9. The quantitative estimate of drug-likeness (QED) is 0.350. The van der Waals surface area contributed by atoms with Gasteiger partial charge in [-0.2, -0.15) is 0 Å². The number of pyridine rings is 1. The molecule has 4 rings (SSSR count). The van der Waals surface area contributed by atoms with Crippen LogP contribution in [0.2, 0.25) is 0 Å². The number of benzene rings is 2. The summed E-state index contributed by atoms with van der Waals surface area (Å²) in [5, 5.41) is 0. The van der Waals surface area contributed by atoms with Crippen molar-refractivity contribution in [2.75, 3.05) is 0 Å². The number of hydrogen-bond acceptors (Lipinski definition) is 4. The maximum atomic E-state index is 10.8. The van der Waals surface area contributed by atoms with Crippen molar-refractivity contribution in [3.05, 3.63) is 83.6 Å². The van der Waals surface area contributed by atoms with Gasteiger partial charge in [-0.25, -0.2) is 0 Å². The zero-order chi connectivity index (χ0) is 25.1. The van der Waals surface area contributed by atoms with Gasteiger partial charge < -0.3 is 9.31 Å². The lowest BCUT2D eigenvalue weighted by Crippen LogP contribution is -2.41. The highest BCUT2D eigenvalue weighted by molar-refractivity contribution is 6.62. The third kappa shape index (κ3) is 6.02. The Hall–Kier alpha value is -2.76. The number of carbonyl (C=O) groups is 1. The van der Waals surface area contributed by atoms with E-state index in [2.05, 4.69) is 96.8 Å². The molecule has 0 saturated carbocycles. The highest BCUT2D eigenvalue weighted by Gasteiger charge is 2.51. The van der Waals surface area contributed by atoms with Gasteiger partial charge in [0.05, 0.1) is 16.9 Å². The number of aromatic nitrogens is 1. The summed E-state index contributed by atoms with van der Waals surface area (Å²) in [5.41, 5.74) is 5.73. The number of aldehydes is 1. The first kappa shape index (κ1) is 25.9. The van der Waals surface area contributed by atoms with E-state index in [9.17, 15) is 4.79 Å². The summed E-state index contributed by atoms with van der Waals surface area (Å²) in [7, 11) is -0.245. The standard InChI is InChI=1S/C16H17NO.C13H19BO2/c1-16(2,3)14-6-4-5-13(10-14)15-9-12(11-18)7-8-17-15;1-10-6-8-11(9-7-10)14-15-12(2,3)13(4,5)16-14/h4-11H,1-3H3;6-9H,1-5H3. The summed E-state index contributed by atoms with van der Waals surface area (Å²) in [5.74, 6) is 0. The molecule has 5 heteroatoms. The van der Waals surface area contributed by atoms with E-state index < -0.39 is 0 Å². The van der Waals surface area contributed by atoms with Gasteiger partial charge in [-0.05, 0) is 69.3 Å². The highest BCUT2D eigenvalue weighted by atomic mass is 16.7. The molecule has 0 bridgehead atoms. The van der Waals surface area contributed by atoms with Crippen LogP contribution in [-0.4, -0.2) is 29.6 Å². The molecule has 1 fully saturated rings. The molecule has 2 heterocycles. The lowest BCUT2D eigenvalue weighted by Gasteiger charge is -2.32. The lowest BCUT2D eigenvalue weighted by molar-refractivity contribution is 0.00578. The van der Waals surface area contributed by atoms with Gasteiger partial charge in [0.25, 0.3) is 0 Å². The molecule has 0 amide bonds. The molecule has 0 N–H and O–H groups in total. The van der Waals surface area contributed by atoms with Gasteiger partial charge >= 0.3 is 7.12 Å². The van der Waals surface area contributed by atoms with Crippen LogP contribution in [-0.2, 0) is 14.7 Å². The predicted molar refractivity (Wildman–Crippen MR) is 141 cm³/mol. The van der Waals surface area contributed by atoms with Gasteiger partial charge in [-0.3, -0.25) is 9.78 Å². The number of aryl methyl sites for hydroxylation is 1. The minimum atomic E-state index is -0.261. The van der Waals surface area contributed by atoms with Crippen LogP contribution in [0.15, 0.2) is 66.9 Å².